The highest BCUT2D eigenvalue weighted by atomic mass is 35.5. The Balaban J connectivity index is 1.70. The molecule has 0 atom stereocenters. The Labute approximate surface area is 144 Å². The smallest absolute Gasteiger partial charge is 0.0484 e. The molecule has 0 aliphatic carbocycles. The maximum absolute atomic E-state index is 6.28. The van der Waals surface area contributed by atoms with Crippen LogP contribution < -0.4 is 0 Å². The van der Waals surface area contributed by atoms with Crippen molar-refractivity contribution >= 4 is 17.2 Å². The molecule has 1 aliphatic rings. The van der Waals surface area contributed by atoms with Crippen molar-refractivity contribution in [2.45, 2.75) is 26.2 Å². The van der Waals surface area contributed by atoms with Gasteiger partial charge in [-0.1, -0.05) is 66.6 Å². The fraction of sp³-hybridized carbons (Fsp3) is 0.333. The number of benzene rings is 2. The fourth-order valence-electron chi connectivity index (χ4n) is 3.13. The predicted molar refractivity (Wildman–Crippen MR) is 101 cm³/mol. The number of nitrogens with zero attached hydrogens (tertiary/aromatic N) is 1. The van der Waals surface area contributed by atoms with Gasteiger partial charge in [0.1, 0.15) is 0 Å². The van der Waals surface area contributed by atoms with Gasteiger partial charge < -0.3 is 0 Å². The van der Waals surface area contributed by atoms with Crippen LogP contribution in [0.1, 0.15) is 31.7 Å². The third kappa shape index (κ3) is 4.25. The van der Waals surface area contributed by atoms with E-state index < -0.39 is 0 Å². The monoisotopic (exact) mass is 325 g/mol. The van der Waals surface area contributed by atoms with Crippen molar-refractivity contribution in [3.63, 3.8) is 0 Å². The summed E-state index contributed by atoms with van der Waals surface area (Å²) in [5.74, 6) is 0. The second-order valence-electron chi connectivity index (χ2n) is 6.31. The Hall–Kier alpha value is -1.57. The Morgan fingerprint density at radius 1 is 1.00 bits per heavy atom. The van der Waals surface area contributed by atoms with Gasteiger partial charge in [-0.05, 0) is 55.6 Å². The van der Waals surface area contributed by atoms with Crippen LogP contribution in [-0.4, -0.2) is 24.5 Å². The van der Waals surface area contributed by atoms with Crippen molar-refractivity contribution in [3.05, 3.63) is 65.2 Å². The van der Waals surface area contributed by atoms with Crippen LogP contribution in [-0.2, 0) is 0 Å². The molecule has 1 aliphatic heterocycles. The van der Waals surface area contributed by atoms with Crippen LogP contribution in [0.25, 0.3) is 16.7 Å². The molecule has 23 heavy (non-hydrogen) atoms. The van der Waals surface area contributed by atoms with Crippen LogP contribution in [0.3, 0.4) is 0 Å². The largest absolute Gasteiger partial charge is 0.300 e. The number of allylic oxidation sites excluding steroid dienone is 1. The van der Waals surface area contributed by atoms with Crippen molar-refractivity contribution in [1.29, 1.82) is 0 Å². The molecule has 0 N–H and O–H groups in total. The molecule has 0 aromatic heterocycles. The normalized spacial score (nSPS) is 16.5. The van der Waals surface area contributed by atoms with Crippen LogP contribution in [0, 0.1) is 0 Å². The van der Waals surface area contributed by atoms with Crippen LogP contribution in [0.4, 0.5) is 0 Å². The first-order chi connectivity index (χ1) is 11.2. The van der Waals surface area contributed by atoms with Gasteiger partial charge in [-0.2, -0.15) is 0 Å². The highest BCUT2D eigenvalue weighted by Crippen LogP contribution is 2.28. The van der Waals surface area contributed by atoms with Crippen LogP contribution >= 0.6 is 11.6 Å². The lowest BCUT2D eigenvalue weighted by molar-refractivity contribution is 0.251. The zero-order valence-electron chi connectivity index (χ0n) is 13.8. The molecule has 1 fully saturated rings. The number of hydrogen-bond acceptors (Lipinski definition) is 1. The lowest BCUT2D eigenvalue weighted by Crippen LogP contribution is -2.29. The van der Waals surface area contributed by atoms with Gasteiger partial charge in [-0.25, -0.2) is 0 Å². The summed E-state index contributed by atoms with van der Waals surface area (Å²) in [6.07, 6.45) is 6.44. The summed E-state index contributed by atoms with van der Waals surface area (Å²) in [5.41, 5.74) is 4.90. The number of likely N-dealkylation sites (tertiary alicyclic amines) is 1. The van der Waals surface area contributed by atoms with Crippen molar-refractivity contribution in [2.75, 3.05) is 19.6 Å². The van der Waals surface area contributed by atoms with Crippen molar-refractivity contribution in [1.82, 2.24) is 4.90 Å². The molecule has 1 heterocycles. The Morgan fingerprint density at radius 3 is 2.39 bits per heavy atom. The van der Waals surface area contributed by atoms with Gasteiger partial charge in [0.05, 0.1) is 0 Å². The number of hydrogen-bond donors (Lipinski definition) is 0. The molecule has 0 bridgehead atoms. The van der Waals surface area contributed by atoms with Gasteiger partial charge in [0.15, 0.2) is 0 Å². The second-order valence-corrected chi connectivity index (χ2v) is 6.71. The van der Waals surface area contributed by atoms with Gasteiger partial charge in [-0.15, -0.1) is 0 Å². The Bertz CT molecular complexity index is 666. The maximum Gasteiger partial charge on any atom is 0.0484 e. The molecular formula is C21H24ClN. The first kappa shape index (κ1) is 16.3. The summed E-state index contributed by atoms with van der Waals surface area (Å²) in [4.78, 5) is 2.55. The zero-order valence-corrected chi connectivity index (χ0v) is 14.5. The zero-order chi connectivity index (χ0) is 16.1. The maximum atomic E-state index is 6.28. The van der Waals surface area contributed by atoms with Crippen molar-refractivity contribution < 1.29 is 0 Å². The Kier molecular flexibility index (Phi) is 5.53. The lowest BCUT2D eigenvalue weighted by atomic mass is 10.0. The van der Waals surface area contributed by atoms with E-state index in [0.717, 1.165) is 17.1 Å². The van der Waals surface area contributed by atoms with Gasteiger partial charge in [0, 0.05) is 17.1 Å². The highest BCUT2D eigenvalue weighted by molar-refractivity contribution is 6.33. The summed E-state index contributed by atoms with van der Waals surface area (Å²) >= 11 is 6.28. The minimum Gasteiger partial charge on any atom is -0.300 e. The Morgan fingerprint density at radius 2 is 1.70 bits per heavy atom. The summed E-state index contributed by atoms with van der Waals surface area (Å²) in [6.45, 7) is 5.76. The van der Waals surface area contributed by atoms with E-state index in [1.54, 1.807) is 0 Å². The molecule has 0 unspecified atom stereocenters. The molecule has 0 radical (unpaired) electrons. The third-order valence-electron chi connectivity index (χ3n) is 4.63. The average molecular weight is 326 g/mol. The topological polar surface area (TPSA) is 3.24 Å². The van der Waals surface area contributed by atoms with Crippen molar-refractivity contribution in [3.8, 4) is 11.1 Å². The molecular weight excluding hydrogens is 302 g/mol. The average Bonchev–Trinajstić information content (AvgIpc) is 2.61. The predicted octanol–water partition coefficient (Wildman–Crippen LogP) is 5.90. The van der Waals surface area contributed by atoms with E-state index in [4.69, 9.17) is 11.6 Å². The SMILES string of the molecule is CC(=CCN1CCCCC1)c1ccc(-c2ccccc2Cl)cc1. The molecule has 2 heteroatoms. The van der Waals surface area contributed by atoms with Crippen molar-refractivity contribution in [2.24, 2.45) is 0 Å². The van der Waals surface area contributed by atoms with E-state index in [2.05, 4.69) is 48.2 Å². The molecule has 0 spiro atoms. The van der Waals surface area contributed by atoms with E-state index in [0.29, 0.717) is 0 Å². The summed E-state index contributed by atoms with van der Waals surface area (Å²) < 4.78 is 0. The standard InChI is InChI=1S/C21H24ClN/c1-17(13-16-23-14-5-2-6-15-23)18-9-11-19(12-10-18)20-7-3-4-8-21(20)22/h3-4,7-13H,2,5-6,14-16H2,1H3. The third-order valence-corrected chi connectivity index (χ3v) is 4.96. The molecule has 2 aromatic rings. The van der Waals surface area contributed by atoms with E-state index in [9.17, 15) is 0 Å². The second kappa shape index (κ2) is 7.81. The van der Waals surface area contributed by atoms with Crippen LogP contribution in [0.5, 0.6) is 0 Å². The number of piperidine rings is 1. The van der Waals surface area contributed by atoms with E-state index >= 15 is 0 Å². The van der Waals surface area contributed by atoms with E-state index in [1.807, 2.05) is 18.2 Å². The van der Waals surface area contributed by atoms with E-state index in [1.165, 1.54) is 49.1 Å². The summed E-state index contributed by atoms with van der Waals surface area (Å²) in [7, 11) is 0. The van der Waals surface area contributed by atoms with Gasteiger partial charge in [-0.3, -0.25) is 4.90 Å². The molecule has 1 saturated heterocycles. The molecule has 0 saturated carbocycles. The quantitative estimate of drug-likeness (QED) is 0.676. The van der Waals surface area contributed by atoms with Crippen LogP contribution in [0.15, 0.2) is 54.6 Å². The van der Waals surface area contributed by atoms with E-state index in [-0.39, 0.29) is 0 Å². The minimum atomic E-state index is 0.803. The first-order valence-corrected chi connectivity index (χ1v) is 8.86. The minimum absolute atomic E-state index is 0.803. The fourth-order valence-corrected chi connectivity index (χ4v) is 3.38. The first-order valence-electron chi connectivity index (χ1n) is 8.48. The van der Waals surface area contributed by atoms with Gasteiger partial charge in [0.2, 0.25) is 0 Å². The highest BCUT2D eigenvalue weighted by Gasteiger charge is 2.08. The molecule has 3 rings (SSSR count). The molecule has 120 valence electrons. The van der Waals surface area contributed by atoms with Gasteiger partial charge in [0.25, 0.3) is 0 Å². The molecule has 0 amide bonds. The number of rotatable bonds is 4. The van der Waals surface area contributed by atoms with Gasteiger partial charge >= 0.3 is 0 Å². The number of halogens is 1. The summed E-state index contributed by atoms with van der Waals surface area (Å²) in [5, 5.41) is 0.803. The van der Waals surface area contributed by atoms with Crippen LogP contribution in [0.2, 0.25) is 5.02 Å². The molecule has 2 aromatic carbocycles. The summed E-state index contributed by atoms with van der Waals surface area (Å²) in [6, 6.07) is 16.7. The lowest BCUT2D eigenvalue weighted by Gasteiger charge is -2.25. The molecule has 1 nitrogen and oxygen atoms in total.